The van der Waals surface area contributed by atoms with Gasteiger partial charge in [0, 0.05) is 25.6 Å². The Morgan fingerprint density at radius 2 is 2.14 bits per heavy atom. The van der Waals surface area contributed by atoms with Crippen LogP contribution in [0.2, 0.25) is 0 Å². The lowest BCUT2D eigenvalue weighted by atomic mass is 10.2. The quantitative estimate of drug-likeness (QED) is 0.800. The summed E-state index contributed by atoms with van der Waals surface area (Å²) < 4.78 is 0. The second-order valence-corrected chi connectivity index (χ2v) is 5.35. The van der Waals surface area contributed by atoms with Gasteiger partial charge in [0.15, 0.2) is 11.0 Å². The van der Waals surface area contributed by atoms with E-state index in [-0.39, 0.29) is 5.91 Å². The second-order valence-electron chi connectivity index (χ2n) is 4.34. The van der Waals surface area contributed by atoms with Crippen LogP contribution >= 0.6 is 11.8 Å². The molecule has 0 bridgehead atoms. The average molecular weight is 296 g/mol. The van der Waals surface area contributed by atoms with Crippen LogP contribution < -0.4 is 0 Å². The van der Waals surface area contributed by atoms with Crippen molar-refractivity contribution in [2.24, 2.45) is 4.99 Å². The minimum absolute atomic E-state index is 0.0708. The van der Waals surface area contributed by atoms with Crippen LogP contribution in [-0.2, 0) is 4.79 Å². The van der Waals surface area contributed by atoms with Crippen LogP contribution in [0.5, 0.6) is 0 Å². The van der Waals surface area contributed by atoms with E-state index in [2.05, 4.69) is 15.0 Å². The van der Waals surface area contributed by atoms with Crippen molar-refractivity contribution in [3.8, 4) is 0 Å². The molecule has 0 saturated carbocycles. The molecule has 1 saturated heterocycles. The van der Waals surface area contributed by atoms with Gasteiger partial charge in [0.1, 0.15) is 0 Å². The van der Waals surface area contributed by atoms with E-state index < -0.39 is 0 Å². The third-order valence-corrected chi connectivity index (χ3v) is 3.91. The van der Waals surface area contributed by atoms with Crippen LogP contribution in [0.3, 0.4) is 0 Å². The Bertz CT molecular complexity index is 713. The van der Waals surface area contributed by atoms with Gasteiger partial charge in [-0.1, -0.05) is 12.1 Å². The van der Waals surface area contributed by atoms with Gasteiger partial charge in [-0.25, -0.2) is 9.98 Å². The Morgan fingerprint density at radius 3 is 2.86 bits per heavy atom. The van der Waals surface area contributed by atoms with Gasteiger partial charge in [0.25, 0.3) is 5.91 Å². The van der Waals surface area contributed by atoms with Crippen LogP contribution in [0.4, 0.5) is 5.82 Å². The molecule has 1 amide bonds. The van der Waals surface area contributed by atoms with Gasteiger partial charge in [-0.05, 0) is 41.6 Å². The van der Waals surface area contributed by atoms with Crippen LogP contribution in [0, 0.1) is 0 Å². The summed E-state index contributed by atoms with van der Waals surface area (Å²) in [5.74, 6) is 0.515. The van der Waals surface area contributed by atoms with Gasteiger partial charge in [0.2, 0.25) is 0 Å². The number of aliphatic imine (C=N–C) groups is 1. The molecule has 0 atom stereocenters. The summed E-state index contributed by atoms with van der Waals surface area (Å²) in [4.78, 5) is 27.0. The zero-order chi connectivity index (χ0) is 14.7. The summed E-state index contributed by atoms with van der Waals surface area (Å²) in [6, 6.07) is 9.23. The summed E-state index contributed by atoms with van der Waals surface area (Å²) in [5.41, 5.74) is 0.890. The number of pyridine rings is 2. The first kappa shape index (κ1) is 13.5. The number of nitrogens with zero attached hydrogens (tertiary/aromatic N) is 4. The lowest BCUT2D eigenvalue weighted by molar-refractivity contribution is -0.121. The topological polar surface area (TPSA) is 58.5 Å². The summed E-state index contributed by atoms with van der Waals surface area (Å²) >= 11 is 1.34. The first-order valence-corrected chi connectivity index (χ1v) is 7.13. The summed E-state index contributed by atoms with van der Waals surface area (Å²) in [7, 11) is 1.71. The van der Waals surface area contributed by atoms with Crippen molar-refractivity contribution in [1.29, 1.82) is 0 Å². The second kappa shape index (κ2) is 5.88. The molecule has 2 aromatic rings. The van der Waals surface area contributed by atoms with Crippen LogP contribution in [0.1, 0.15) is 5.56 Å². The van der Waals surface area contributed by atoms with Gasteiger partial charge in [-0.3, -0.25) is 14.7 Å². The number of carbonyl (C=O) groups is 1. The number of carbonyl (C=O) groups excluding carboxylic acids is 1. The van der Waals surface area contributed by atoms with E-state index in [4.69, 9.17) is 0 Å². The Labute approximate surface area is 126 Å². The Balaban J connectivity index is 1.89. The van der Waals surface area contributed by atoms with Crippen LogP contribution in [0.15, 0.2) is 58.8 Å². The zero-order valence-electron chi connectivity index (χ0n) is 11.3. The molecule has 0 unspecified atom stereocenters. The Kier molecular flexibility index (Phi) is 3.79. The monoisotopic (exact) mass is 296 g/mol. The predicted molar refractivity (Wildman–Crippen MR) is 83.9 cm³/mol. The molecule has 5 nitrogen and oxygen atoms in total. The van der Waals surface area contributed by atoms with Crippen LogP contribution in [0.25, 0.3) is 6.08 Å². The third-order valence-electron chi connectivity index (χ3n) is 2.85. The van der Waals surface area contributed by atoms with E-state index in [9.17, 15) is 4.79 Å². The van der Waals surface area contributed by atoms with Gasteiger partial charge < -0.3 is 0 Å². The highest BCUT2D eigenvalue weighted by Gasteiger charge is 2.30. The normalized spacial score (nSPS) is 18.7. The van der Waals surface area contributed by atoms with Gasteiger partial charge in [-0.15, -0.1) is 0 Å². The standard InChI is InChI=1S/C15H12N4OS/c1-19-14(20)12(9-11-5-4-7-16-10-11)21-15(19)18-13-6-2-3-8-17-13/h2-10H,1H3/b12-9-,18-15+. The van der Waals surface area contributed by atoms with Crippen molar-refractivity contribution in [3.05, 3.63) is 59.4 Å². The molecule has 0 spiro atoms. The maximum absolute atomic E-state index is 12.2. The number of rotatable bonds is 2. The minimum atomic E-state index is -0.0708. The lowest BCUT2D eigenvalue weighted by Crippen LogP contribution is -2.23. The van der Waals surface area contributed by atoms with Crippen molar-refractivity contribution in [3.63, 3.8) is 0 Å². The molecule has 0 aliphatic carbocycles. The van der Waals surface area contributed by atoms with Crippen molar-refractivity contribution in [2.45, 2.75) is 0 Å². The molecule has 0 aromatic carbocycles. The number of hydrogen-bond donors (Lipinski definition) is 0. The van der Waals surface area contributed by atoms with Gasteiger partial charge in [-0.2, -0.15) is 0 Å². The minimum Gasteiger partial charge on any atom is -0.289 e. The number of likely N-dealkylation sites (N-methyl/N-ethyl adjacent to an activating group) is 1. The molecular weight excluding hydrogens is 284 g/mol. The van der Waals surface area contributed by atoms with E-state index in [1.165, 1.54) is 16.7 Å². The van der Waals surface area contributed by atoms with Gasteiger partial charge in [0.05, 0.1) is 4.91 Å². The molecule has 2 aromatic heterocycles. The SMILES string of the molecule is CN1C(=O)/C(=C/c2cccnc2)S/C1=N/c1ccccn1. The molecule has 0 N–H and O–H groups in total. The summed E-state index contributed by atoms with van der Waals surface area (Å²) in [6.45, 7) is 0. The maximum Gasteiger partial charge on any atom is 0.266 e. The molecule has 0 radical (unpaired) electrons. The number of aromatic nitrogens is 2. The highest BCUT2D eigenvalue weighted by atomic mass is 32.2. The molecule has 3 heterocycles. The molecule has 1 aliphatic rings. The summed E-state index contributed by atoms with van der Waals surface area (Å²) in [6.07, 6.45) is 6.91. The largest absolute Gasteiger partial charge is 0.289 e. The maximum atomic E-state index is 12.2. The van der Waals surface area contributed by atoms with Crippen molar-refractivity contribution < 1.29 is 4.79 Å². The molecule has 3 rings (SSSR count). The molecule has 104 valence electrons. The van der Waals surface area contributed by atoms with Crippen LogP contribution in [-0.4, -0.2) is 33.0 Å². The van der Waals surface area contributed by atoms with E-state index in [0.717, 1.165) is 5.56 Å². The highest BCUT2D eigenvalue weighted by molar-refractivity contribution is 8.18. The van der Waals surface area contributed by atoms with E-state index in [1.807, 2.05) is 30.3 Å². The number of hydrogen-bond acceptors (Lipinski definition) is 5. The molecule has 1 fully saturated rings. The zero-order valence-corrected chi connectivity index (χ0v) is 12.1. The fourth-order valence-corrected chi connectivity index (χ4v) is 2.76. The average Bonchev–Trinajstić information content (AvgIpc) is 2.78. The predicted octanol–water partition coefficient (Wildman–Crippen LogP) is 2.71. The van der Waals surface area contributed by atoms with Crippen molar-refractivity contribution in [2.75, 3.05) is 7.05 Å². The summed E-state index contributed by atoms with van der Waals surface area (Å²) in [5, 5.41) is 0.619. The molecule has 6 heteroatoms. The molecule has 1 aliphatic heterocycles. The molecular formula is C15H12N4OS. The Hall–Kier alpha value is -2.47. The number of amidine groups is 1. The van der Waals surface area contributed by atoms with E-state index in [0.29, 0.717) is 15.9 Å². The first-order valence-electron chi connectivity index (χ1n) is 6.31. The number of thioether (sulfide) groups is 1. The van der Waals surface area contributed by atoms with Crippen molar-refractivity contribution in [1.82, 2.24) is 14.9 Å². The Morgan fingerprint density at radius 1 is 1.24 bits per heavy atom. The first-order chi connectivity index (χ1) is 10.2. The van der Waals surface area contributed by atoms with E-state index in [1.54, 1.807) is 31.7 Å². The third kappa shape index (κ3) is 3.00. The fourth-order valence-electron chi connectivity index (χ4n) is 1.78. The number of amides is 1. The van der Waals surface area contributed by atoms with E-state index >= 15 is 0 Å². The lowest BCUT2D eigenvalue weighted by Gasteiger charge is -2.06. The fraction of sp³-hybridized carbons (Fsp3) is 0.0667. The van der Waals surface area contributed by atoms with Crippen molar-refractivity contribution >= 4 is 34.7 Å². The molecule has 21 heavy (non-hydrogen) atoms. The van der Waals surface area contributed by atoms with Gasteiger partial charge >= 0.3 is 0 Å². The highest BCUT2D eigenvalue weighted by Crippen LogP contribution is 2.32. The smallest absolute Gasteiger partial charge is 0.266 e.